The third kappa shape index (κ3) is 2.90. The van der Waals surface area contributed by atoms with E-state index in [9.17, 15) is 4.79 Å². The number of nitrogens with zero attached hydrogens (tertiary/aromatic N) is 3. The summed E-state index contributed by atoms with van der Waals surface area (Å²) in [5, 5.41) is 10.3. The Hall–Kier alpha value is -2.34. The van der Waals surface area contributed by atoms with Gasteiger partial charge in [0.15, 0.2) is 5.65 Å². The Morgan fingerprint density at radius 3 is 2.86 bits per heavy atom. The number of hydrogen-bond donors (Lipinski definition) is 2. The molecule has 0 atom stereocenters. The van der Waals surface area contributed by atoms with E-state index in [-0.39, 0.29) is 5.69 Å². The fraction of sp³-hybridized carbons (Fsp3) is 0.214. The molecule has 0 bridgehead atoms. The third-order valence-corrected chi connectivity index (χ3v) is 3.45. The van der Waals surface area contributed by atoms with Crippen LogP contribution in [0.15, 0.2) is 35.1 Å². The van der Waals surface area contributed by atoms with Crippen LogP contribution in [0.2, 0.25) is 5.02 Å². The van der Waals surface area contributed by atoms with Crippen LogP contribution in [0.4, 0.5) is 5.82 Å². The predicted octanol–water partition coefficient (Wildman–Crippen LogP) is 2.03. The highest BCUT2D eigenvalue weighted by Gasteiger charge is 2.06. The fourth-order valence-electron chi connectivity index (χ4n) is 2.17. The van der Waals surface area contributed by atoms with Crippen LogP contribution in [0, 0.1) is 6.92 Å². The smallest absolute Gasteiger partial charge is 0.349 e. The quantitative estimate of drug-likeness (QED) is 0.773. The Kier molecular flexibility index (Phi) is 3.62. The second-order valence-electron chi connectivity index (χ2n) is 4.71. The summed E-state index contributed by atoms with van der Waals surface area (Å²) in [6.07, 6.45) is 0.858. The molecule has 2 aromatic heterocycles. The van der Waals surface area contributed by atoms with Gasteiger partial charge in [0.25, 0.3) is 0 Å². The molecule has 108 valence electrons. The highest BCUT2D eigenvalue weighted by atomic mass is 35.5. The zero-order chi connectivity index (χ0) is 14.8. The third-order valence-electron chi connectivity index (χ3n) is 3.20. The van der Waals surface area contributed by atoms with Crippen molar-refractivity contribution in [1.29, 1.82) is 0 Å². The van der Waals surface area contributed by atoms with E-state index >= 15 is 0 Å². The van der Waals surface area contributed by atoms with Gasteiger partial charge >= 0.3 is 5.69 Å². The lowest BCUT2D eigenvalue weighted by atomic mass is 10.1. The minimum absolute atomic E-state index is 0.275. The first-order valence-corrected chi connectivity index (χ1v) is 6.94. The van der Waals surface area contributed by atoms with Crippen molar-refractivity contribution in [1.82, 2.24) is 19.6 Å². The number of hydrogen-bond acceptors (Lipinski definition) is 4. The maximum atomic E-state index is 11.5. The lowest BCUT2D eigenvalue weighted by Gasteiger charge is -2.07. The number of aromatic amines is 1. The molecule has 3 rings (SSSR count). The average Bonchev–Trinajstić information content (AvgIpc) is 2.83. The molecule has 0 amide bonds. The summed E-state index contributed by atoms with van der Waals surface area (Å²) in [5.41, 5.74) is 1.48. The molecule has 3 aromatic rings. The first-order valence-electron chi connectivity index (χ1n) is 6.56. The number of rotatable bonds is 4. The number of H-pyrrole nitrogens is 1. The molecule has 2 N–H and O–H groups in total. The van der Waals surface area contributed by atoms with Gasteiger partial charge < -0.3 is 5.32 Å². The molecule has 7 heteroatoms. The number of aromatic nitrogens is 4. The van der Waals surface area contributed by atoms with Crippen molar-refractivity contribution in [3.8, 4) is 0 Å². The van der Waals surface area contributed by atoms with Gasteiger partial charge in [-0.3, -0.25) is 0 Å². The summed E-state index contributed by atoms with van der Waals surface area (Å²) in [5.74, 6) is 1.30. The largest absolute Gasteiger partial charge is 0.370 e. The van der Waals surface area contributed by atoms with Crippen LogP contribution in [0.3, 0.4) is 0 Å². The summed E-state index contributed by atoms with van der Waals surface area (Å²) < 4.78 is 1.43. The molecule has 0 aliphatic rings. The normalized spacial score (nSPS) is 11.0. The number of nitrogens with one attached hydrogen (secondary N) is 2. The van der Waals surface area contributed by atoms with Crippen molar-refractivity contribution in [2.45, 2.75) is 13.3 Å². The number of benzene rings is 1. The van der Waals surface area contributed by atoms with Gasteiger partial charge in [-0.25, -0.2) is 19.3 Å². The number of fused-ring (bicyclic) bond motifs is 1. The van der Waals surface area contributed by atoms with Crippen LogP contribution >= 0.6 is 11.6 Å². The second-order valence-corrected chi connectivity index (χ2v) is 5.15. The maximum Gasteiger partial charge on any atom is 0.349 e. The second kappa shape index (κ2) is 5.57. The van der Waals surface area contributed by atoms with Crippen molar-refractivity contribution in [3.05, 3.63) is 57.2 Å². The highest BCUT2D eigenvalue weighted by molar-refractivity contribution is 6.30. The van der Waals surface area contributed by atoms with Crippen LogP contribution in [0.5, 0.6) is 0 Å². The average molecular weight is 304 g/mol. The van der Waals surface area contributed by atoms with E-state index in [0.717, 1.165) is 18.0 Å². The van der Waals surface area contributed by atoms with Gasteiger partial charge in [0.2, 0.25) is 0 Å². The van der Waals surface area contributed by atoms with Crippen molar-refractivity contribution in [3.63, 3.8) is 0 Å². The van der Waals surface area contributed by atoms with Crippen molar-refractivity contribution < 1.29 is 0 Å². The van der Waals surface area contributed by atoms with Gasteiger partial charge in [-0.2, -0.15) is 5.10 Å². The van der Waals surface area contributed by atoms with Crippen molar-refractivity contribution in [2.75, 3.05) is 11.9 Å². The number of halogens is 1. The molecule has 0 unspecified atom stereocenters. The van der Waals surface area contributed by atoms with Crippen LogP contribution in [0.25, 0.3) is 5.65 Å². The molecule has 0 saturated heterocycles. The van der Waals surface area contributed by atoms with Crippen LogP contribution in [-0.2, 0) is 6.42 Å². The summed E-state index contributed by atoms with van der Waals surface area (Å²) in [4.78, 5) is 15.9. The first kappa shape index (κ1) is 13.6. The molecule has 0 radical (unpaired) electrons. The van der Waals surface area contributed by atoms with Crippen LogP contribution in [0.1, 0.15) is 11.4 Å². The van der Waals surface area contributed by atoms with Gasteiger partial charge in [-0.15, -0.1) is 0 Å². The molecule has 0 saturated carbocycles. The Labute approximate surface area is 125 Å². The van der Waals surface area contributed by atoms with E-state index in [0.29, 0.717) is 17.3 Å². The Morgan fingerprint density at radius 2 is 2.10 bits per heavy atom. The van der Waals surface area contributed by atoms with E-state index in [4.69, 9.17) is 11.6 Å². The van der Waals surface area contributed by atoms with Gasteiger partial charge in [0.1, 0.15) is 11.6 Å². The molecule has 0 aliphatic carbocycles. The molecule has 21 heavy (non-hydrogen) atoms. The minimum atomic E-state index is -0.275. The Morgan fingerprint density at radius 1 is 1.33 bits per heavy atom. The maximum absolute atomic E-state index is 11.5. The zero-order valence-corrected chi connectivity index (χ0v) is 12.2. The van der Waals surface area contributed by atoms with E-state index in [1.807, 2.05) is 24.3 Å². The van der Waals surface area contributed by atoms with Crippen LogP contribution < -0.4 is 11.0 Å². The van der Waals surface area contributed by atoms with E-state index in [1.54, 1.807) is 13.0 Å². The standard InChI is InChI=1S/C14H14ClN5O/c1-9-17-12(8-13-18-19-14(21)20(9)13)16-7-6-10-2-4-11(15)5-3-10/h2-5,8,16H,6-7H2,1H3,(H,19,21). The molecule has 0 spiro atoms. The lowest BCUT2D eigenvalue weighted by molar-refractivity contribution is 0.925. The van der Waals surface area contributed by atoms with Gasteiger partial charge in [0.05, 0.1) is 0 Å². The van der Waals surface area contributed by atoms with E-state index < -0.39 is 0 Å². The zero-order valence-electron chi connectivity index (χ0n) is 11.4. The number of aryl methyl sites for hydroxylation is 1. The lowest BCUT2D eigenvalue weighted by Crippen LogP contribution is -2.14. The fourth-order valence-corrected chi connectivity index (χ4v) is 2.30. The van der Waals surface area contributed by atoms with E-state index in [1.165, 1.54) is 9.96 Å². The Bertz CT molecular complexity index is 821. The van der Waals surface area contributed by atoms with Crippen LogP contribution in [-0.4, -0.2) is 26.1 Å². The highest BCUT2D eigenvalue weighted by Crippen LogP contribution is 2.11. The summed E-state index contributed by atoms with van der Waals surface area (Å²) >= 11 is 5.85. The predicted molar refractivity (Wildman–Crippen MR) is 82.0 cm³/mol. The van der Waals surface area contributed by atoms with Gasteiger partial charge in [-0.1, -0.05) is 23.7 Å². The minimum Gasteiger partial charge on any atom is -0.370 e. The van der Waals surface area contributed by atoms with Crippen molar-refractivity contribution in [2.24, 2.45) is 0 Å². The van der Waals surface area contributed by atoms with Gasteiger partial charge in [-0.05, 0) is 31.0 Å². The summed E-state index contributed by atoms with van der Waals surface area (Å²) in [6, 6.07) is 9.49. The SMILES string of the molecule is Cc1nc(NCCc2ccc(Cl)cc2)cc2n[nH]c(=O)n12. The summed E-state index contributed by atoms with van der Waals surface area (Å²) in [7, 11) is 0. The van der Waals surface area contributed by atoms with Crippen molar-refractivity contribution >= 4 is 23.1 Å². The van der Waals surface area contributed by atoms with Gasteiger partial charge in [0, 0.05) is 17.6 Å². The Balaban J connectivity index is 1.70. The molecule has 6 nitrogen and oxygen atoms in total. The number of anilines is 1. The monoisotopic (exact) mass is 303 g/mol. The molecular formula is C14H14ClN5O. The molecule has 0 aliphatic heterocycles. The molecular weight excluding hydrogens is 290 g/mol. The first-order chi connectivity index (χ1) is 10.1. The molecule has 1 aromatic carbocycles. The van der Waals surface area contributed by atoms with E-state index in [2.05, 4.69) is 20.5 Å². The topological polar surface area (TPSA) is 75.1 Å². The summed E-state index contributed by atoms with van der Waals surface area (Å²) in [6.45, 7) is 2.51. The molecule has 2 heterocycles. The molecule has 0 fully saturated rings.